The number of hydrogen-bond donors (Lipinski definition) is 0. The molecule has 0 saturated heterocycles. The van der Waals surface area contributed by atoms with Crippen LogP contribution in [0, 0.1) is 5.92 Å². The van der Waals surface area contributed by atoms with Gasteiger partial charge in [-0.25, -0.2) is 0 Å². The maximum Gasteiger partial charge on any atom is 0.113 e. The molecule has 1 aromatic carbocycles. The maximum absolute atomic E-state index is 6.00. The molecule has 1 heteroatoms. The van der Waals surface area contributed by atoms with Crippen molar-refractivity contribution in [3.8, 4) is 0 Å². The smallest absolute Gasteiger partial charge is 0.113 e. The number of rotatable bonds is 10. The van der Waals surface area contributed by atoms with Crippen LogP contribution in [0.15, 0.2) is 83.2 Å². The van der Waals surface area contributed by atoms with Crippen LogP contribution in [0.4, 0.5) is 0 Å². The van der Waals surface area contributed by atoms with Gasteiger partial charge in [0.25, 0.3) is 0 Å². The first kappa shape index (κ1) is 25.0. The Morgan fingerprint density at radius 1 is 0.871 bits per heavy atom. The fraction of sp³-hybridized carbons (Fsp3) is 0.467. The molecule has 0 bridgehead atoms. The summed E-state index contributed by atoms with van der Waals surface area (Å²) in [6.45, 7) is 13.5. The van der Waals surface area contributed by atoms with Gasteiger partial charge in [0.15, 0.2) is 0 Å². The molecule has 1 aliphatic carbocycles. The van der Waals surface area contributed by atoms with Crippen molar-refractivity contribution in [2.75, 3.05) is 0 Å². The molecule has 0 spiro atoms. The van der Waals surface area contributed by atoms with Gasteiger partial charge in [0, 0.05) is 12.3 Å². The van der Waals surface area contributed by atoms with E-state index in [2.05, 4.69) is 102 Å². The molecular formula is C30H42O. The first-order valence-corrected chi connectivity index (χ1v) is 11.9. The van der Waals surface area contributed by atoms with E-state index in [1.165, 1.54) is 53.5 Å². The number of benzene rings is 1. The summed E-state index contributed by atoms with van der Waals surface area (Å²) in [7, 11) is 0. The van der Waals surface area contributed by atoms with Crippen LogP contribution in [0.25, 0.3) is 0 Å². The Bertz CT molecular complexity index is 822. The molecule has 0 heterocycles. The van der Waals surface area contributed by atoms with Crippen LogP contribution in [-0.4, -0.2) is 0 Å². The van der Waals surface area contributed by atoms with Crippen molar-refractivity contribution < 1.29 is 4.74 Å². The third-order valence-electron chi connectivity index (χ3n) is 5.86. The number of ether oxygens (including phenoxy) is 1. The lowest BCUT2D eigenvalue weighted by atomic mass is 9.82. The normalized spacial score (nSPS) is 19.2. The van der Waals surface area contributed by atoms with Crippen molar-refractivity contribution in [3.05, 3.63) is 94.3 Å². The summed E-state index contributed by atoms with van der Waals surface area (Å²) in [6.07, 6.45) is 19.5. The summed E-state index contributed by atoms with van der Waals surface area (Å²) in [5, 5.41) is 0. The molecule has 31 heavy (non-hydrogen) atoms. The van der Waals surface area contributed by atoms with Crippen molar-refractivity contribution in [3.63, 3.8) is 0 Å². The van der Waals surface area contributed by atoms with Gasteiger partial charge in [-0.3, -0.25) is 0 Å². The van der Waals surface area contributed by atoms with Crippen LogP contribution in [0.3, 0.4) is 0 Å². The highest BCUT2D eigenvalue weighted by Gasteiger charge is 2.17. The van der Waals surface area contributed by atoms with Crippen LogP contribution < -0.4 is 0 Å². The van der Waals surface area contributed by atoms with Crippen LogP contribution in [-0.2, 0) is 11.3 Å². The second kappa shape index (κ2) is 13.2. The van der Waals surface area contributed by atoms with Gasteiger partial charge in [-0.15, -0.1) is 0 Å². The minimum Gasteiger partial charge on any atom is -0.493 e. The van der Waals surface area contributed by atoms with Crippen molar-refractivity contribution in [1.29, 1.82) is 0 Å². The zero-order valence-electron chi connectivity index (χ0n) is 20.6. The summed E-state index contributed by atoms with van der Waals surface area (Å²) < 4.78 is 6.00. The molecule has 2 rings (SSSR count). The monoisotopic (exact) mass is 418 g/mol. The molecule has 0 aliphatic heterocycles. The lowest BCUT2D eigenvalue weighted by Crippen LogP contribution is -2.08. The molecule has 168 valence electrons. The average Bonchev–Trinajstić information content (AvgIpc) is 2.77. The van der Waals surface area contributed by atoms with Gasteiger partial charge < -0.3 is 4.74 Å². The van der Waals surface area contributed by atoms with E-state index in [1.807, 2.05) is 0 Å². The van der Waals surface area contributed by atoms with E-state index < -0.39 is 0 Å². The summed E-state index contributed by atoms with van der Waals surface area (Å²) in [6, 6.07) is 9.01. The molecule has 0 fully saturated rings. The first-order chi connectivity index (χ1) is 14.9. The summed E-state index contributed by atoms with van der Waals surface area (Å²) >= 11 is 0. The number of hydrogen-bond acceptors (Lipinski definition) is 1. The van der Waals surface area contributed by atoms with Crippen LogP contribution >= 0.6 is 0 Å². The highest BCUT2D eigenvalue weighted by atomic mass is 16.5. The van der Waals surface area contributed by atoms with Crippen molar-refractivity contribution in [2.24, 2.45) is 5.92 Å². The largest absolute Gasteiger partial charge is 0.493 e. The van der Waals surface area contributed by atoms with Crippen LogP contribution in [0.5, 0.6) is 0 Å². The summed E-state index contributed by atoms with van der Waals surface area (Å²) in [5.74, 6) is 2.31. The fourth-order valence-corrected chi connectivity index (χ4v) is 3.77. The Balaban J connectivity index is 1.85. The molecule has 0 N–H and O–H groups in total. The summed E-state index contributed by atoms with van der Waals surface area (Å²) in [4.78, 5) is 0. The zero-order valence-corrected chi connectivity index (χ0v) is 20.6. The Morgan fingerprint density at radius 2 is 1.55 bits per heavy atom. The molecular weight excluding hydrogens is 376 g/mol. The third-order valence-corrected chi connectivity index (χ3v) is 5.86. The standard InChI is InChI=1S/C30H42O/c1-7-30(21-9-24(4)5)31-22-27-15-19-29(20-16-27)28-17-13-26(14-18-28)12-11-25(6)10-8-23(2)3/h8-10,13,15-17,19-21,26,28H,7,11-12,14,18,22H2,1-6H3/b25-10+,30-21+. The van der Waals surface area contributed by atoms with E-state index in [9.17, 15) is 0 Å². The number of allylic oxidation sites excluding steroid dienone is 10. The van der Waals surface area contributed by atoms with Gasteiger partial charge in [-0.1, -0.05) is 78.3 Å². The van der Waals surface area contributed by atoms with E-state index in [0.717, 1.165) is 18.1 Å². The minimum absolute atomic E-state index is 0.553. The maximum atomic E-state index is 6.00. The fourth-order valence-electron chi connectivity index (χ4n) is 3.77. The topological polar surface area (TPSA) is 9.23 Å². The molecule has 2 atom stereocenters. The predicted molar refractivity (Wildman–Crippen MR) is 136 cm³/mol. The van der Waals surface area contributed by atoms with Crippen molar-refractivity contribution in [2.45, 2.75) is 86.2 Å². The van der Waals surface area contributed by atoms with Crippen LogP contribution in [0.1, 0.15) is 90.7 Å². The quantitative estimate of drug-likeness (QED) is 0.209. The van der Waals surface area contributed by atoms with Gasteiger partial charge in [-0.2, -0.15) is 0 Å². The first-order valence-electron chi connectivity index (χ1n) is 11.9. The van der Waals surface area contributed by atoms with Gasteiger partial charge >= 0.3 is 0 Å². The Morgan fingerprint density at radius 3 is 2.13 bits per heavy atom. The average molecular weight is 419 g/mol. The highest BCUT2D eigenvalue weighted by molar-refractivity contribution is 5.29. The minimum atomic E-state index is 0.553. The summed E-state index contributed by atoms with van der Waals surface area (Å²) in [5.41, 5.74) is 6.79. The van der Waals surface area contributed by atoms with Gasteiger partial charge in [-0.05, 0) is 83.4 Å². The SMILES string of the molecule is CC/C(=C\C=C(C)C)OCc1ccc(C2C=CC(CC/C(C)=C/C=C(C)C)CC2)cc1. The van der Waals surface area contributed by atoms with Crippen molar-refractivity contribution >= 4 is 0 Å². The van der Waals surface area contributed by atoms with E-state index in [-0.39, 0.29) is 0 Å². The second-order valence-electron chi connectivity index (χ2n) is 9.39. The predicted octanol–water partition coefficient (Wildman–Crippen LogP) is 9.21. The highest BCUT2D eigenvalue weighted by Crippen LogP contribution is 2.33. The van der Waals surface area contributed by atoms with Gasteiger partial charge in [0.05, 0.1) is 5.76 Å². The molecule has 1 nitrogen and oxygen atoms in total. The van der Waals surface area contributed by atoms with Gasteiger partial charge in [0.2, 0.25) is 0 Å². The van der Waals surface area contributed by atoms with Crippen molar-refractivity contribution in [1.82, 2.24) is 0 Å². The van der Waals surface area contributed by atoms with E-state index in [0.29, 0.717) is 12.5 Å². The van der Waals surface area contributed by atoms with E-state index in [4.69, 9.17) is 4.74 Å². The molecule has 2 unspecified atom stereocenters. The Hall–Kier alpha value is -2.28. The molecule has 0 saturated carbocycles. The molecule has 0 radical (unpaired) electrons. The van der Waals surface area contributed by atoms with Crippen LogP contribution in [0.2, 0.25) is 0 Å². The van der Waals surface area contributed by atoms with E-state index in [1.54, 1.807) is 0 Å². The Kier molecular flexibility index (Phi) is 10.6. The lowest BCUT2D eigenvalue weighted by molar-refractivity contribution is 0.191. The molecule has 1 aliphatic rings. The third kappa shape index (κ3) is 9.59. The Labute approximate surface area is 191 Å². The van der Waals surface area contributed by atoms with Gasteiger partial charge in [0.1, 0.15) is 6.61 Å². The van der Waals surface area contributed by atoms with E-state index >= 15 is 0 Å². The molecule has 1 aromatic rings. The molecule has 0 amide bonds. The lowest BCUT2D eigenvalue weighted by Gasteiger charge is -2.23. The molecule has 0 aromatic heterocycles. The zero-order chi connectivity index (χ0) is 22.6. The second-order valence-corrected chi connectivity index (χ2v) is 9.39.